The molecule has 0 spiro atoms. The number of aliphatic hydroxyl groups is 1. The van der Waals surface area contributed by atoms with E-state index in [2.05, 4.69) is 25.1 Å². The summed E-state index contributed by atoms with van der Waals surface area (Å²) >= 11 is 0. The fourth-order valence-electron chi connectivity index (χ4n) is 0.655. The lowest BCUT2D eigenvalue weighted by molar-refractivity contribution is 0.120. The first-order chi connectivity index (χ1) is 4.98. The van der Waals surface area contributed by atoms with Crippen molar-refractivity contribution in [1.29, 1.82) is 0 Å². The molecule has 0 rings (SSSR count). The van der Waals surface area contributed by atoms with Crippen molar-refractivity contribution in [1.82, 2.24) is 5.32 Å². The van der Waals surface area contributed by atoms with Crippen molar-refractivity contribution in [2.75, 3.05) is 13.1 Å². The highest BCUT2D eigenvalue weighted by Crippen LogP contribution is 1.98. The summed E-state index contributed by atoms with van der Waals surface area (Å²) in [7, 11) is 0. The predicted octanol–water partition coefficient (Wildman–Crippen LogP) is 0.616. The molecule has 2 heteroatoms. The van der Waals surface area contributed by atoms with Crippen LogP contribution in [-0.2, 0) is 0 Å². The second-order valence-corrected chi connectivity index (χ2v) is 3.44. The minimum atomic E-state index is -1.01. The van der Waals surface area contributed by atoms with Crippen LogP contribution in [0.5, 0.6) is 0 Å². The molecule has 0 radical (unpaired) electrons. The summed E-state index contributed by atoms with van der Waals surface area (Å²) in [6.07, 6.45) is 5.08. The van der Waals surface area contributed by atoms with Gasteiger partial charge in [-0.1, -0.05) is 19.8 Å². The third kappa shape index (κ3) is 5.90. The van der Waals surface area contributed by atoms with Gasteiger partial charge in [0.2, 0.25) is 0 Å². The topological polar surface area (TPSA) is 32.3 Å². The molecule has 2 nitrogen and oxygen atoms in total. The maximum Gasteiger partial charge on any atom is 0.134 e. The first kappa shape index (κ1) is 10.5. The molecule has 0 bridgehead atoms. The molecule has 0 aromatic heterocycles. The van der Waals surface area contributed by atoms with E-state index in [1.165, 1.54) is 0 Å². The van der Waals surface area contributed by atoms with Crippen LogP contribution in [-0.4, -0.2) is 23.8 Å². The van der Waals surface area contributed by atoms with E-state index in [1.807, 2.05) is 0 Å². The van der Waals surface area contributed by atoms with Crippen LogP contribution in [0.3, 0.4) is 0 Å². The van der Waals surface area contributed by atoms with Crippen molar-refractivity contribution in [3.05, 3.63) is 0 Å². The molecule has 11 heavy (non-hydrogen) atoms. The Morgan fingerprint density at radius 3 is 2.55 bits per heavy atom. The second-order valence-electron chi connectivity index (χ2n) is 3.44. The molecule has 0 heterocycles. The first-order valence-electron chi connectivity index (χ1n) is 3.89. The van der Waals surface area contributed by atoms with Crippen LogP contribution in [0.1, 0.15) is 20.8 Å². The molecule has 0 aliphatic carbocycles. The van der Waals surface area contributed by atoms with Gasteiger partial charge in [0.25, 0.3) is 0 Å². The summed E-state index contributed by atoms with van der Waals surface area (Å²) in [5.74, 6) is 2.89. The van der Waals surface area contributed by atoms with Gasteiger partial charge < -0.3 is 10.4 Å². The van der Waals surface area contributed by atoms with Gasteiger partial charge in [-0.2, -0.15) is 0 Å². The summed E-state index contributed by atoms with van der Waals surface area (Å²) < 4.78 is 0. The van der Waals surface area contributed by atoms with Gasteiger partial charge in [-0.25, -0.2) is 0 Å². The van der Waals surface area contributed by atoms with Gasteiger partial charge in [-0.15, -0.1) is 6.42 Å². The SMILES string of the molecule is C#CC(C)(O)CNCC(C)C. The van der Waals surface area contributed by atoms with E-state index in [0.717, 1.165) is 6.54 Å². The highest BCUT2D eigenvalue weighted by atomic mass is 16.3. The van der Waals surface area contributed by atoms with Crippen molar-refractivity contribution in [2.24, 2.45) is 5.92 Å². The van der Waals surface area contributed by atoms with Crippen LogP contribution < -0.4 is 5.32 Å². The van der Waals surface area contributed by atoms with Gasteiger partial charge in [0.15, 0.2) is 0 Å². The minimum absolute atomic E-state index is 0.460. The Hall–Kier alpha value is -0.520. The largest absolute Gasteiger partial charge is 0.377 e. The highest BCUT2D eigenvalue weighted by molar-refractivity contribution is 5.05. The summed E-state index contributed by atoms with van der Waals surface area (Å²) in [6, 6.07) is 0. The lowest BCUT2D eigenvalue weighted by Gasteiger charge is -2.17. The molecule has 0 aromatic rings. The highest BCUT2D eigenvalue weighted by Gasteiger charge is 2.14. The molecule has 64 valence electrons. The molecular formula is C9H17NO. The Labute approximate surface area is 69.0 Å². The quantitative estimate of drug-likeness (QED) is 0.583. The van der Waals surface area contributed by atoms with E-state index in [0.29, 0.717) is 12.5 Å². The molecular weight excluding hydrogens is 138 g/mol. The Morgan fingerprint density at radius 1 is 1.64 bits per heavy atom. The number of rotatable bonds is 4. The van der Waals surface area contributed by atoms with Gasteiger partial charge in [-0.05, 0) is 19.4 Å². The maximum atomic E-state index is 9.34. The molecule has 1 atom stereocenters. The Morgan fingerprint density at radius 2 is 2.18 bits per heavy atom. The van der Waals surface area contributed by atoms with E-state index >= 15 is 0 Å². The molecule has 0 aliphatic rings. The summed E-state index contributed by atoms with van der Waals surface area (Å²) in [4.78, 5) is 0. The van der Waals surface area contributed by atoms with Gasteiger partial charge >= 0.3 is 0 Å². The Kier molecular flexibility index (Phi) is 4.17. The van der Waals surface area contributed by atoms with Gasteiger partial charge in [0, 0.05) is 6.54 Å². The lowest BCUT2D eigenvalue weighted by Crippen LogP contribution is -2.37. The van der Waals surface area contributed by atoms with E-state index in [9.17, 15) is 5.11 Å². The summed E-state index contributed by atoms with van der Waals surface area (Å²) in [5, 5.41) is 12.4. The van der Waals surface area contributed by atoms with Gasteiger partial charge in [0.1, 0.15) is 5.60 Å². The molecule has 0 saturated carbocycles. The molecule has 0 aliphatic heterocycles. The van der Waals surface area contributed by atoms with E-state index in [-0.39, 0.29) is 0 Å². The van der Waals surface area contributed by atoms with E-state index in [4.69, 9.17) is 6.42 Å². The third-order valence-electron chi connectivity index (χ3n) is 1.33. The van der Waals surface area contributed by atoms with Crippen molar-refractivity contribution < 1.29 is 5.11 Å². The zero-order chi connectivity index (χ0) is 8.91. The fourth-order valence-corrected chi connectivity index (χ4v) is 0.655. The fraction of sp³-hybridized carbons (Fsp3) is 0.778. The van der Waals surface area contributed by atoms with Crippen molar-refractivity contribution in [3.8, 4) is 12.3 Å². The molecule has 0 fully saturated rings. The zero-order valence-electron chi connectivity index (χ0n) is 7.52. The molecule has 2 N–H and O–H groups in total. The molecule has 0 amide bonds. The number of nitrogens with one attached hydrogen (secondary N) is 1. The molecule has 1 unspecified atom stereocenters. The number of hydrogen-bond acceptors (Lipinski definition) is 2. The van der Waals surface area contributed by atoms with Crippen molar-refractivity contribution in [3.63, 3.8) is 0 Å². The molecule has 0 saturated heterocycles. The average molecular weight is 155 g/mol. The standard InChI is InChI=1S/C9H17NO/c1-5-9(4,11)7-10-6-8(2)3/h1,8,10-11H,6-7H2,2-4H3. The van der Waals surface area contributed by atoms with Crippen molar-refractivity contribution >= 4 is 0 Å². The minimum Gasteiger partial charge on any atom is -0.377 e. The Balaban J connectivity index is 3.48. The van der Waals surface area contributed by atoms with Crippen molar-refractivity contribution in [2.45, 2.75) is 26.4 Å². The van der Waals surface area contributed by atoms with Crippen LogP contribution in [0.2, 0.25) is 0 Å². The third-order valence-corrected chi connectivity index (χ3v) is 1.33. The zero-order valence-corrected chi connectivity index (χ0v) is 7.52. The monoisotopic (exact) mass is 155 g/mol. The van der Waals surface area contributed by atoms with E-state index in [1.54, 1.807) is 6.92 Å². The van der Waals surface area contributed by atoms with Crippen LogP contribution in [0.25, 0.3) is 0 Å². The lowest BCUT2D eigenvalue weighted by atomic mass is 10.1. The van der Waals surface area contributed by atoms with Gasteiger partial charge in [0.05, 0.1) is 0 Å². The summed E-state index contributed by atoms with van der Waals surface area (Å²) in [5.41, 5.74) is -1.01. The van der Waals surface area contributed by atoms with Crippen LogP contribution >= 0.6 is 0 Å². The maximum absolute atomic E-state index is 9.34. The Bertz CT molecular complexity index is 144. The van der Waals surface area contributed by atoms with Crippen LogP contribution in [0.4, 0.5) is 0 Å². The van der Waals surface area contributed by atoms with E-state index < -0.39 is 5.60 Å². The van der Waals surface area contributed by atoms with Gasteiger partial charge in [-0.3, -0.25) is 0 Å². The normalized spacial score (nSPS) is 16.0. The number of hydrogen-bond donors (Lipinski definition) is 2. The smallest absolute Gasteiger partial charge is 0.134 e. The van der Waals surface area contributed by atoms with Crippen LogP contribution in [0, 0.1) is 18.3 Å². The average Bonchev–Trinajstić information content (AvgIpc) is 1.87. The van der Waals surface area contributed by atoms with Crippen LogP contribution in [0.15, 0.2) is 0 Å². The number of terminal acetylenes is 1. The second kappa shape index (κ2) is 4.38. The first-order valence-corrected chi connectivity index (χ1v) is 3.89. The predicted molar refractivity (Wildman–Crippen MR) is 47.2 cm³/mol. The molecule has 0 aromatic carbocycles. The summed E-state index contributed by atoms with van der Waals surface area (Å²) in [6.45, 7) is 7.19.